The van der Waals surface area contributed by atoms with E-state index in [-0.39, 0.29) is 0 Å². The van der Waals surface area contributed by atoms with Gasteiger partial charge in [0.25, 0.3) is 0 Å². The van der Waals surface area contributed by atoms with Crippen molar-refractivity contribution in [2.45, 2.75) is 26.4 Å². The molecule has 1 N–H and O–H groups in total. The van der Waals surface area contributed by atoms with E-state index in [0.29, 0.717) is 6.04 Å². The summed E-state index contributed by atoms with van der Waals surface area (Å²) in [5.74, 6) is 0. The molecule has 0 saturated carbocycles. The summed E-state index contributed by atoms with van der Waals surface area (Å²) in [5.41, 5.74) is 3.80. The van der Waals surface area contributed by atoms with Crippen LogP contribution < -0.4 is 5.32 Å². The van der Waals surface area contributed by atoms with E-state index < -0.39 is 0 Å². The van der Waals surface area contributed by atoms with Crippen LogP contribution in [-0.4, -0.2) is 0 Å². The standard InChI is InChI=1S/C16H17BrClN/c1-11-9-13(3-8-16(11)17)10-19-12(2)14-4-6-15(18)7-5-14/h3-9,12,19H,10H2,1-2H3/t12-/m0/s1. The summed E-state index contributed by atoms with van der Waals surface area (Å²) >= 11 is 9.42. The summed E-state index contributed by atoms with van der Waals surface area (Å²) in [4.78, 5) is 0. The molecule has 2 aromatic rings. The molecule has 0 radical (unpaired) electrons. The molecule has 2 aromatic carbocycles. The third-order valence-electron chi connectivity index (χ3n) is 3.20. The second-order valence-corrected chi connectivity index (χ2v) is 6.03. The van der Waals surface area contributed by atoms with Gasteiger partial charge in [0, 0.05) is 22.1 Å². The van der Waals surface area contributed by atoms with E-state index in [9.17, 15) is 0 Å². The monoisotopic (exact) mass is 337 g/mol. The first-order valence-electron chi connectivity index (χ1n) is 6.30. The molecule has 0 aliphatic rings. The summed E-state index contributed by atoms with van der Waals surface area (Å²) in [6.07, 6.45) is 0. The fraction of sp³-hybridized carbons (Fsp3) is 0.250. The number of benzene rings is 2. The van der Waals surface area contributed by atoms with Gasteiger partial charge in [0.05, 0.1) is 0 Å². The van der Waals surface area contributed by atoms with Crippen LogP contribution in [0.25, 0.3) is 0 Å². The minimum atomic E-state index is 0.307. The molecule has 2 rings (SSSR count). The van der Waals surface area contributed by atoms with Crippen LogP contribution in [-0.2, 0) is 6.54 Å². The van der Waals surface area contributed by atoms with Gasteiger partial charge in [-0.05, 0) is 48.7 Å². The molecular formula is C16H17BrClN. The van der Waals surface area contributed by atoms with Crippen molar-refractivity contribution in [3.05, 3.63) is 68.7 Å². The van der Waals surface area contributed by atoms with Gasteiger partial charge in [0.15, 0.2) is 0 Å². The zero-order valence-electron chi connectivity index (χ0n) is 11.1. The predicted molar refractivity (Wildman–Crippen MR) is 85.6 cm³/mol. The molecule has 0 heterocycles. The average molecular weight is 339 g/mol. The van der Waals surface area contributed by atoms with Gasteiger partial charge in [0.1, 0.15) is 0 Å². The SMILES string of the molecule is Cc1cc(CN[C@@H](C)c2ccc(Cl)cc2)ccc1Br. The van der Waals surface area contributed by atoms with Crippen molar-refractivity contribution in [2.24, 2.45) is 0 Å². The predicted octanol–water partition coefficient (Wildman–Crippen LogP) is 5.26. The van der Waals surface area contributed by atoms with Crippen LogP contribution in [0.5, 0.6) is 0 Å². The lowest BCUT2D eigenvalue weighted by atomic mass is 10.1. The Morgan fingerprint density at radius 3 is 2.47 bits per heavy atom. The number of aryl methyl sites for hydroxylation is 1. The Balaban J connectivity index is 1.98. The van der Waals surface area contributed by atoms with Crippen LogP contribution in [0.2, 0.25) is 5.02 Å². The Hall–Kier alpha value is -0.830. The summed E-state index contributed by atoms with van der Waals surface area (Å²) in [5, 5.41) is 4.30. The minimum absolute atomic E-state index is 0.307. The van der Waals surface area contributed by atoms with Crippen LogP contribution >= 0.6 is 27.5 Å². The highest BCUT2D eigenvalue weighted by Crippen LogP contribution is 2.19. The molecule has 0 aromatic heterocycles. The molecule has 1 nitrogen and oxygen atoms in total. The number of hydrogen-bond acceptors (Lipinski definition) is 1. The Kier molecular flexibility index (Phi) is 5.03. The molecule has 0 amide bonds. The van der Waals surface area contributed by atoms with E-state index in [1.165, 1.54) is 16.7 Å². The molecular weight excluding hydrogens is 322 g/mol. The van der Waals surface area contributed by atoms with Crippen molar-refractivity contribution >= 4 is 27.5 Å². The molecule has 0 fully saturated rings. The van der Waals surface area contributed by atoms with E-state index in [2.05, 4.69) is 65.4 Å². The lowest BCUT2D eigenvalue weighted by Gasteiger charge is -2.15. The van der Waals surface area contributed by atoms with Crippen LogP contribution in [0, 0.1) is 6.92 Å². The van der Waals surface area contributed by atoms with Crippen molar-refractivity contribution in [2.75, 3.05) is 0 Å². The normalized spacial score (nSPS) is 12.4. The molecule has 19 heavy (non-hydrogen) atoms. The van der Waals surface area contributed by atoms with Gasteiger partial charge in [0.2, 0.25) is 0 Å². The van der Waals surface area contributed by atoms with Gasteiger partial charge in [-0.3, -0.25) is 0 Å². The van der Waals surface area contributed by atoms with Crippen LogP contribution in [0.4, 0.5) is 0 Å². The largest absolute Gasteiger partial charge is 0.306 e. The molecule has 1 atom stereocenters. The maximum atomic E-state index is 5.90. The fourth-order valence-electron chi connectivity index (χ4n) is 1.96. The second kappa shape index (κ2) is 6.56. The van der Waals surface area contributed by atoms with Crippen LogP contribution in [0.15, 0.2) is 46.9 Å². The van der Waals surface area contributed by atoms with E-state index in [1.54, 1.807) is 0 Å². The number of nitrogens with one attached hydrogen (secondary N) is 1. The van der Waals surface area contributed by atoms with Crippen molar-refractivity contribution in [3.8, 4) is 0 Å². The fourth-order valence-corrected chi connectivity index (χ4v) is 2.33. The number of hydrogen-bond donors (Lipinski definition) is 1. The first-order chi connectivity index (χ1) is 9.06. The molecule has 0 bridgehead atoms. The number of rotatable bonds is 4. The van der Waals surface area contributed by atoms with Gasteiger partial charge < -0.3 is 5.32 Å². The topological polar surface area (TPSA) is 12.0 Å². The Bertz CT molecular complexity index is 551. The first kappa shape index (κ1) is 14.6. The minimum Gasteiger partial charge on any atom is -0.306 e. The zero-order chi connectivity index (χ0) is 13.8. The van der Waals surface area contributed by atoms with E-state index in [4.69, 9.17) is 11.6 Å². The van der Waals surface area contributed by atoms with Gasteiger partial charge in [-0.1, -0.05) is 51.8 Å². The molecule has 0 unspecified atom stereocenters. The highest BCUT2D eigenvalue weighted by Gasteiger charge is 2.05. The molecule has 3 heteroatoms. The summed E-state index contributed by atoms with van der Waals surface area (Å²) < 4.78 is 1.15. The molecule has 0 saturated heterocycles. The Labute approximate surface area is 128 Å². The smallest absolute Gasteiger partial charge is 0.0406 e. The van der Waals surface area contributed by atoms with Crippen molar-refractivity contribution in [1.29, 1.82) is 0 Å². The molecule has 100 valence electrons. The number of halogens is 2. The highest BCUT2D eigenvalue weighted by atomic mass is 79.9. The van der Waals surface area contributed by atoms with Crippen LogP contribution in [0.3, 0.4) is 0 Å². The lowest BCUT2D eigenvalue weighted by Crippen LogP contribution is -2.18. The second-order valence-electron chi connectivity index (χ2n) is 4.74. The summed E-state index contributed by atoms with van der Waals surface area (Å²) in [6, 6.07) is 14.7. The lowest BCUT2D eigenvalue weighted by molar-refractivity contribution is 0.574. The summed E-state index contributed by atoms with van der Waals surface area (Å²) in [7, 11) is 0. The summed E-state index contributed by atoms with van der Waals surface area (Å²) in [6.45, 7) is 5.13. The quantitative estimate of drug-likeness (QED) is 0.801. The van der Waals surface area contributed by atoms with Crippen molar-refractivity contribution in [3.63, 3.8) is 0 Å². The Morgan fingerprint density at radius 1 is 1.16 bits per heavy atom. The third-order valence-corrected chi connectivity index (χ3v) is 4.35. The zero-order valence-corrected chi connectivity index (χ0v) is 13.4. The maximum Gasteiger partial charge on any atom is 0.0406 e. The Morgan fingerprint density at radius 2 is 1.84 bits per heavy atom. The maximum absolute atomic E-state index is 5.90. The molecule has 0 aliphatic heterocycles. The van der Waals surface area contributed by atoms with E-state index >= 15 is 0 Å². The van der Waals surface area contributed by atoms with Gasteiger partial charge >= 0.3 is 0 Å². The highest BCUT2D eigenvalue weighted by molar-refractivity contribution is 9.10. The van der Waals surface area contributed by atoms with Gasteiger partial charge in [-0.25, -0.2) is 0 Å². The van der Waals surface area contributed by atoms with Gasteiger partial charge in [-0.2, -0.15) is 0 Å². The third kappa shape index (κ3) is 4.07. The van der Waals surface area contributed by atoms with E-state index in [1.807, 2.05) is 12.1 Å². The van der Waals surface area contributed by atoms with Crippen molar-refractivity contribution in [1.82, 2.24) is 5.32 Å². The average Bonchev–Trinajstić information content (AvgIpc) is 2.40. The van der Waals surface area contributed by atoms with E-state index in [0.717, 1.165) is 16.0 Å². The van der Waals surface area contributed by atoms with Crippen molar-refractivity contribution < 1.29 is 0 Å². The molecule has 0 aliphatic carbocycles. The van der Waals surface area contributed by atoms with Gasteiger partial charge in [-0.15, -0.1) is 0 Å². The van der Waals surface area contributed by atoms with Crippen LogP contribution in [0.1, 0.15) is 29.7 Å². The first-order valence-corrected chi connectivity index (χ1v) is 7.47. The molecule has 0 spiro atoms.